The number of aromatic nitrogens is 1. The molecule has 2 aliphatic rings. The standard InChI is InChI=1S/C18H16N3.BrH/c1-2-12-21-13-10-16(11-14-21)19-20-18-9-8-15-6-4-3-5-7-17(15)18;/h2-11,13-14H,1,12H2;1H/q+1;/p-1. The lowest BCUT2D eigenvalue weighted by atomic mass is 10.2. The average Bonchev–Trinajstić information content (AvgIpc) is 2.74. The largest absolute Gasteiger partial charge is 1.00 e. The summed E-state index contributed by atoms with van der Waals surface area (Å²) >= 11 is 0. The normalized spacial score (nSPS) is 10.5. The van der Waals surface area contributed by atoms with Gasteiger partial charge in [-0.1, -0.05) is 43.0 Å². The van der Waals surface area contributed by atoms with Crippen LogP contribution in [-0.2, 0) is 6.54 Å². The van der Waals surface area contributed by atoms with E-state index in [9.17, 15) is 0 Å². The maximum absolute atomic E-state index is 4.36. The molecule has 0 saturated carbocycles. The Labute approximate surface area is 140 Å². The number of pyridine rings is 1. The van der Waals surface area contributed by atoms with Crippen molar-refractivity contribution in [1.82, 2.24) is 0 Å². The molecule has 110 valence electrons. The molecule has 2 aliphatic carbocycles. The van der Waals surface area contributed by atoms with Crippen LogP contribution in [-0.4, -0.2) is 0 Å². The first-order valence-electron chi connectivity index (χ1n) is 6.86. The molecule has 0 aromatic carbocycles. The fraction of sp³-hybridized carbons (Fsp3) is 0.0556. The van der Waals surface area contributed by atoms with E-state index < -0.39 is 0 Å². The zero-order valence-corrected chi connectivity index (χ0v) is 13.6. The Morgan fingerprint density at radius 3 is 2.45 bits per heavy atom. The summed E-state index contributed by atoms with van der Waals surface area (Å²) in [5.41, 5.74) is 4.02. The van der Waals surface area contributed by atoms with E-state index in [2.05, 4.69) is 35.0 Å². The summed E-state index contributed by atoms with van der Waals surface area (Å²) in [7, 11) is 0. The second-order valence-corrected chi connectivity index (χ2v) is 4.74. The summed E-state index contributed by atoms with van der Waals surface area (Å²) in [6.07, 6.45) is 5.80. The molecule has 4 heteroatoms. The highest BCUT2D eigenvalue weighted by Crippen LogP contribution is 2.34. The van der Waals surface area contributed by atoms with Crippen LogP contribution in [0.5, 0.6) is 0 Å². The Morgan fingerprint density at radius 1 is 0.909 bits per heavy atom. The molecule has 1 aromatic heterocycles. The number of nitrogens with zero attached hydrogens (tertiary/aromatic N) is 3. The number of hydrogen-bond acceptors (Lipinski definition) is 2. The fourth-order valence-electron chi connectivity index (χ4n) is 2.18. The molecular weight excluding hydrogens is 338 g/mol. The minimum Gasteiger partial charge on any atom is -1.00 e. The van der Waals surface area contributed by atoms with Gasteiger partial charge in [0, 0.05) is 17.7 Å². The van der Waals surface area contributed by atoms with Gasteiger partial charge in [-0.25, -0.2) is 4.57 Å². The SMILES string of the molecule is C=CC[n+]1ccc(N=Nc2ccc3cccccc2-3)cc1.[Br-]. The van der Waals surface area contributed by atoms with Crippen molar-refractivity contribution in [3.63, 3.8) is 0 Å². The van der Waals surface area contributed by atoms with E-state index in [1.807, 2.05) is 59.4 Å². The van der Waals surface area contributed by atoms with Gasteiger partial charge in [-0.3, -0.25) is 0 Å². The van der Waals surface area contributed by atoms with E-state index in [1.165, 1.54) is 5.56 Å². The van der Waals surface area contributed by atoms with Crippen molar-refractivity contribution in [2.45, 2.75) is 6.54 Å². The van der Waals surface area contributed by atoms with E-state index >= 15 is 0 Å². The molecule has 0 spiro atoms. The number of halogens is 1. The molecule has 0 radical (unpaired) electrons. The Hall–Kier alpha value is -2.33. The van der Waals surface area contributed by atoms with E-state index in [0.29, 0.717) is 0 Å². The van der Waals surface area contributed by atoms with Crippen molar-refractivity contribution >= 4 is 11.4 Å². The van der Waals surface area contributed by atoms with Crippen LogP contribution in [0, 0.1) is 0 Å². The lowest BCUT2D eigenvalue weighted by molar-refractivity contribution is -0.686. The first kappa shape index (κ1) is 16.0. The van der Waals surface area contributed by atoms with E-state index in [4.69, 9.17) is 0 Å². The summed E-state index contributed by atoms with van der Waals surface area (Å²) in [6.45, 7) is 4.51. The van der Waals surface area contributed by atoms with Gasteiger partial charge in [0.25, 0.3) is 0 Å². The first-order chi connectivity index (χ1) is 10.4. The predicted molar refractivity (Wildman–Crippen MR) is 84.1 cm³/mol. The van der Waals surface area contributed by atoms with Crippen LogP contribution in [0.3, 0.4) is 0 Å². The third-order valence-electron chi connectivity index (χ3n) is 3.26. The Kier molecular flexibility index (Phi) is 5.55. The van der Waals surface area contributed by atoms with Crippen molar-refractivity contribution in [1.29, 1.82) is 0 Å². The van der Waals surface area contributed by atoms with E-state index in [0.717, 1.165) is 23.5 Å². The Bertz CT molecular complexity index is 751. The quantitative estimate of drug-likeness (QED) is 0.388. The van der Waals surface area contributed by atoms with E-state index in [1.54, 1.807) is 0 Å². The van der Waals surface area contributed by atoms with Crippen LogP contribution in [0.4, 0.5) is 11.4 Å². The second kappa shape index (κ2) is 7.61. The van der Waals surface area contributed by atoms with Gasteiger partial charge in [0.2, 0.25) is 0 Å². The van der Waals surface area contributed by atoms with Crippen molar-refractivity contribution in [2.24, 2.45) is 10.2 Å². The molecule has 0 amide bonds. The maximum Gasteiger partial charge on any atom is 0.171 e. The maximum atomic E-state index is 4.36. The minimum atomic E-state index is 0. The van der Waals surface area contributed by atoms with Crippen molar-refractivity contribution < 1.29 is 21.5 Å². The molecule has 1 heterocycles. The molecule has 1 aromatic rings. The van der Waals surface area contributed by atoms with Gasteiger partial charge in [-0.2, -0.15) is 5.11 Å². The van der Waals surface area contributed by atoms with Crippen molar-refractivity contribution in [2.75, 3.05) is 0 Å². The number of hydrogen-bond donors (Lipinski definition) is 0. The molecule has 0 saturated heterocycles. The summed E-state index contributed by atoms with van der Waals surface area (Å²) in [5, 5.41) is 8.67. The first-order valence-corrected chi connectivity index (χ1v) is 6.86. The van der Waals surface area contributed by atoms with Gasteiger partial charge in [-0.05, 0) is 17.7 Å². The van der Waals surface area contributed by atoms with Crippen LogP contribution >= 0.6 is 0 Å². The highest BCUT2D eigenvalue weighted by atomic mass is 79.9. The van der Waals surface area contributed by atoms with Crippen LogP contribution in [0.15, 0.2) is 89.9 Å². The molecule has 0 N–H and O–H groups in total. The second-order valence-electron chi connectivity index (χ2n) is 4.74. The summed E-state index contributed by atoms with van der Waals surface area (Å²) in [6, 6.07) is 18.1. The van der Waals surface area contributed by atoms with Crippen LogP contribution in [0.1, 0.15) is 0 Å². The third-order valence-corrected chi connectivity index (χ3v) is 3.26. The van der Waals surface area contributed by atoms with Gasteiger partial charge >= 0.3 is 0 Å². The Morgan fingerprint density at radius 2 is 1.68 bits per heavy atom. The smallest absolute Gasteiger partial charge is 0.171 e. The molecule has 22 heavy (non-hydrogen) atoms. The number of allylic oxidation sites excluding steroid dienone is 1. The molecule has 3 rings (SSSR count). The lowest BCUT2D eigenvalue weighted by Gasteiger charge is -1.95. The van der Waals surface area contributed by atoms with Gasteiger partial charge in [-0.15, -0.1) is 5.11 Å². The van der Waals surface area contributed by atoms with Gasteiger partial charge in [0.15, 0.2) is 18.9 Å². The number of azo groups is 1. The zero-order chi connectivity index (χ0) is 14.5. The Balaban J connectivity index is 0.00000176. The summed E-state index contributed by atoms with van der Waals surface area (Å²) in [4.78, 5) is 0. The van der Waals surface area contributed by atoms with Crippen LogP contribution < -0.4 is 21.5 Å². The highest BCUT2D eigenvalue weighted by molar-refractivity contribution is 5.79. The fourth-order valence-corrected chi connectivity index (χ4v) is 2.18. The van der Waals surface area contributed by atoms with Gasteiger partial charge < -0.3 is 17.0 Å². The number of rotatable bonds is 4. The van der Waals surface area contributed by atoms with Crippen LogP contribution in [0.25, 0.3) is 11.1 Å². The summed E-state index contributed by atoms with van der Waals surface area (Å²) in [5.74, 6) is 0. The lowest BCUT2D eigenvalue weighted by Crippen LogP contribution is -3.00. The molecular formula is C18H16BrN3. The number of fused-ring (bicyclic) bond motifs is 1. The minimum absolute atomic E-state index is 0. The van der Waals surface area contributed by atoms with Crippen LogP contribution in [0.2, 0.25) is 0 Å². The van der Waals surface area contributed by atoms with E-state index in [-0.39, 0.29) is 17.0 Å². The predicted octanol–water partition coefficient (Wildman–Crippen LogP) is 1.68. The van der Waals surface area contributed by atoms with Crippen molar-refractivity contribution in [3.05, 3.63) is 79.6 Å². The topological polar surface area (TPSA) is 28.6 Å². The van der Waals surface area contributed by atoms with Crippen molar-refractivity contribution in [3.8, 4) is 11.1 Å². The molecule has 0 bridgehead atoms. The molecule has 0 aliphatic heterocycles. The molecule has 3 nitrogen and oxygen atoms in total. The molecule has 0 unspecified atom stereocenters. The van der Waals surface area contributed by atoms with Gasteiger partial charge in [0.05, 0.1) is 11.4 Å². The highest BCUT2D eigenvalue weighted by Gasteiger charge is 2.06. The third kappa shape index (κ3) is 3.65. The monoisotopic (exact) mass is 353 g/mol. The zero-order valence-electron chi connectivity index (χ0n) is 12.1. The van der Waals surface area contributed by atoms with Gasteiger partial charge in [0.1, 0.15) is 0 Å². The molecule has 0 atom stereocenters. The summed E-state index contributed by atoms with van der Waals surface area (Å²) < 4.78 is 2.03. The average molecular weight is 354 g/mol. The molecule has 0 fully saturated rings.